The molecule has 0 bridgehead atoms. The number of carbonyl (C=O) groups excluding carboxylic acids is 2. The van der Waals surface area contributed by atoms with E-state index in [-0.39, 0.29) is 23.9 Å². The SMILES string of the molecule is C/C=C/C[C@H](C(=O)OC(C)(C)C)[C@H]1CCN(C(=O)OC(C)(C)C)C1.CC.CC. The highest BCUT2D eigenvalue weighted by atomic mass is 16.6. The molecule has 0 unspecified atom stereocenters. The first kappa shape index (κ1) is 28.7. The van der Waals surface area contributed by atoms with Crippen molar-refractivity contribution in [3.63, 3.8) is 0 Å². The smallest absolute Gasteiger partial charge is 0.410 e. The Kier molecular flexibility index (Phi) is 14.0. The van der Waals surface area contributed by atoms with Gasteiger partial charge in [-0.1, -0.05) is 39.8 Å². The number of carbonyl (C=O) groups is 2. The molecule has 0 aliphatic carbocycles. The Labute approximate surface area is 173 Å². The first-order chi connectivity index (χ1) is 12.9. The van der Waals surface area contributed by atoms with Crippen molar-refractivity contribution < 1.29 is 19.1 Å². The van der Waals surface area contributed by atoms with Gasteiger partial charge < -0.3 is 14.4 Å². The topological polar surface area (TPSA) is 55.8 Å². The lowest BCUT2D eigenvalue weighted by Crippen LogP contribution is -2.37. The van der Waals surface area contributed by atoms with Crippen LogP contribution in [0.15, 0.2) is 12.2 Å². The number of esters is 1. The predicted molar refractivity (Wildman–Crippen MR) is 117 cm³/mol. The summed E-state index contributed by atoms with van der Waals surface area (Å²) in [5.41, 5.74) is -1.01. The molecule has 1 saturated heterocycles. The summed E-state index contributed by atoms with van der Waals surface area (Å²) in [4.78, 5) is 26.5. The summed E-state index contributed by atoms with van der Waals surface area (Å²) in [7, 11) is 0. The highest BCUT2D eigenvalue weighted by molar-refractivity contribution is 5.74. The fourth-order valence-corrected chi connectivity index (χ4v) is 2.75. The van der Waals surface area contributed by atoms with E-state index < -0.39 is 11.2 Å². The van der Waals surface area contributed by atoms with E-state index in [4.69, 9.17) is 9.47 Å². The average molecular weight is 400 g/mol. The van der Waals surface area contributed by atoms with Crippen molar-refractivity contribution >= 4 is 12.1 Å². The van der Waals surface area contributed by atoms with Gasteiger partial charge >= 0.3 is 12.1 Å². The Balaban J connectivity index is 0. The largest absolute Gasteiger partial charge is 0.460 e. The Morgan fingerprint density at radius 3 is 1.93 bits per heavy atom. The molecule has 1 aliphatic heterocycles. The Hall–Kier alpha value is -1.52. The Morgan fingerprint density at radius 1 is 1.00 bits per heavy atom. The maximum absolute atomic E-state index is 12.6. The molecular formula is C23H45NO4. The minimum atomic E-state index is -0.509. The zero-order chi connectivity index (χ0) is 22.5. The highest BCUT2D eigenvalue weighted by Gasteiger charge is 2.38. The normalized spacial score (nSPS) is 17.8. The van der Waals surface area contributed by atoms with Crippen LogP contribution >= 0.6 is 0 Å². The molecule has 5 heteroatoms. The van der Waals surface area contributed by atoms with Crippen LogP contribution in [0.1, 0.15) is 89.0 Å². The van der Waals surface area contributed by atoms with Gasteiger partial charge in [0.15, 0.2) is 0 Å². The molecule has 1 fully saturated rings. The van der Waals surface area contributed by atoms with E-state index in [9.17, 15) is 9.59 Å². The van der Waals surface area contributed by atoms with Crippen molar-refractivity contribution in [3.8, 4) is 0 Å². The van der Waals surface area contributed by atoms with Crippen LogP contribution in [0.25, 0.3) is 0 Å². The number of likely N-dealkylation sites (tertiary alicyclic amines) is 1. The zero-order valence-electron chi connectivity index (χ0n) is 20.2. The molecule has 0 N–H and O–H groups in total. The molecule has 0 aromatic carbocycles. The number of ether oxygens (including phenoxy) is 2. The van der Waals surface area contributed by atoms with Crippen LogP contribution < -0.4 is 0 Å². The third-order valence-corrected chi connectivity index (χ3v) is 3.78. The number of hydrogen-bond acceptors (Lipinski definition) is 4. The van der Waals surface area contributed by atoms with E-state index in [1.165, 1.54) is 0 Å². The second kappa shape index (κ2) is 13.6. The van der Waals surface area contributed by atoms with E-state index in [2.05, 4.69) is 0 Å². The monoisotopic (exact) mass is 399 g/mol. The Bertz CT molecular complexity index is 472. The van der Waals surface area contributed by atoms with Gasteiger partial charge in [-0.15, -0.1) is 0 Å². The lowest BCUT2D eigenvalue weighted by atomic mass is 9.88. The summed E-state index contributed by atoms with van der Waals surface area (Å²) in [6.07, 6.45) is 5.06. The molecule has 1 rings (SSSR count). The molecule has 0 aromatic heterocycles. The van der Waals surface area contributed by atoms with E-state index in [1.807, 2.05) is 88.3 Å². The number of allylic oxidation sites excluding steroid dienone is 2. The molecule has 0 aromatic rings. The summed E-state index contributed by atoms with van der Waals surface area (Å²) in [6.45, 7) is 22.3. The molecule has 0 radical (unpaired) electrons. The van der Waals surface area contributed by atoms with Gasteiger partial charge in [0.25, 0.3) is 0 Å². The molecule has 1 heterocycles. The van der Waals surface area contributed by atoms with Crippen LogP contribution in [0.2, 0.25) is 0 Å². The molecule has 28 heavy (non-hydrogen) atoms. The Morgan fingerprint density at radius 2 is 1.50 bits per heavy atom. The zero-order valence-corrected chi connectivity index (χ0v) is 20.2. The van der Waals surface area contributed by atoms with Crippen molar-refractivity contribution in [2.24, 2.45) is 11.8 Å². The van der Waals surface area contributed by atoms with Gasteiger partial charge in [-0.3, -0.25) is 4.79 Å². The molecule has 0 spiro atoms. The minimum Gasteiger partial charge on any atom is -0.460 e. The maximum Gasteiger partial charge on any atom is 0.410 e. The lowest BCUT2D eigenvalue weighted by molar-refractivity contribution is -0.161. The van der Waals surface area contributed by atoms with Crippen molar-refractivity contribution in [1.82, 2.24) is 4.90 Å². The fraction of sp³-hybridized carbons (Fsp3) is 0.826. The van der Waals surface area contributed by atoms with Crippen molar-refractivity contribution in [2.45, 2.75) is 100 Å². The quantitative estimate of drug-likeness (QED) is 0.416. The molecule has 1 amide bonds. The van der Waals surface area contributed by atoms with Gasteiger partial charge in [-0.05, 0) is 67.2 Å². The van der Waals surface area contributed by atoms with Gasteiger partial charge in [0, 0.05) is 13.1 Å². The first-order valence-electron chi connectivity index (χ1n) is 10.7. The van der Waals surface area contributed by atoms with Crippen molar-refractivity contribution in [2.75, 3.05) is 13.1 Å². The second-order valence-corrected chi connectivity index (χ2v) is 8.42. The number of hydrogen-bond donors (Lipinski definition) is 0. The van der Waals surface area contributed by atoms with Crippen LogP contribution in [0.4, 0.5) is 4.79 Å². The molecule has 166 valence electrons. The molecule has 1 aliphatic rings. The first-order valence-corrected chi connectivity index (χ1v) is 10.7. The molecule has 2 atom stereocenters. The van der Waals surface area contributed by atoms with Gasteiger partial charge in [0.1, 0.15) is 11.2 Å². The lowest BCUT2D eigenvalue weighted by Gasteiger charge is -2.27. The van der Waals surface area contributed by atoms with Crippen LogP contribution in [0, 0.1) is 11.8 Å². The number of nitrogens with zero attached hydrogens (tertiary/aromatic N) is 1. The molecule has 5 nitrogen and oxygen atoms in total. The molecule has 0 saturated carbocycles. The van der Waals surface area contributed by atoms with Crippen LogP contribution in [-0.4, -0.2) is 41.3 Å². The summed E-state index contributed by atoms with van der Waals surface area (Å²) in [5, 5.41) is 0. The predicted octanol–water partition coefficient (Wildman–Crippen LogP) is 6.22. The fourth-order valence-electron chi connectivity index (χ4n) is 2.75. The number of amides is 1. The third kappa shape index (κ3) is 12.0. The van der Waals surface area contributed by atoms with E-state index in [0.29, 0.717) is 19.5 Å². The summed E-state index contributed by atoms with van der Waals surface area (Å²) in [6, 6.07) is 0. The molecular weight excluding hydrogens is 354 g/mol. The standard InChI is InChI=1S/C19H33NO4.2C2H6/c1-8-9-10-15(16(21)23-18(2,3)4)14-11-12-20(13-14)17(22)24-19(5,6)7;2*1-2/h8-9,14-15H,10-13H2,1-7H3;2*1-2H3/b9-8+;;/t14-,15-;;/m0../s1. The van der Waals surface area contributed by atoms with Crippen molar-refractivity contribution in [3.05, 3.63) is 12.2 Å². The third-order valence-electron chi connectivity index (χ3n) is 3.78. The van der Waals surface area contributed by atoms with Gasteiger partial charge in [0.2, 0.25) is 0 Å². The van der Waals surface area contributed by atoms with Gasteiger partial charge in [-0.2, -0.15) is 0 Å². The van der Waals surface area contributed by atoms with Crippen molar-refractivity contribution in [1.29, 1.82) is 0 Å². The maximum atomic E-state index is 12.6. The highest BCUT2D eigenvalue weighted by Crippen LogP contribution is 2.30. The van der Waals surface area contributed by atoms with Crippen LogP contribution in [0.5, 0.6) is 0 Å². The number of rotatable bonds is 4. The van der Waals surface area contributed by atoms with Crippen LogP contribution in [0.3, 0.4) is 0 Å². The van der Waals surface area contributed by atoms with Gasteiger partial charge in [0.05, 0.1) is 5.92 Å². The summed E-state index contributed by atoms with van der Waals surface area (Å²) in [5.74, 6) is -0.312. The summed E-state index contributed by atoms with van der Waals surface area (Å²) >= 11 is 0. The van der Waals surface area contributed by atoms with Gasteiger partial charge in [-0.25, -0.2) is 4.79 Å². The van der Waals surface area contributed by atoms with E-state index in [0.717, 1.165) is 6.42 Å². The minimum absolute atomic E-state index is 0.101. The van der Waals surface area contributed by atoms with E-state index >= 15 is 0 Å². The van der Waals surface area contributed by atoms with Crippen LogP contribution in [-0.2, 0) is 14.3 Å². The van der Waals surface area contributed by atoms with E-state index in [1.54, 1.807) is 4.90 Å². The summed E-state index contributed by atoms with van der Waals surface area (Å²) < 4.78 is 11.0. The average Bonchev–Trinajstić information content (AvgIpc) is 3.06. The second-order valence-electron chi connectivity index (χ2n) is 8.42.